The number of nitrogens with zero attached hydrogens (tertiary/aromatic N) is 2. The highest BCUT2D eigenvalue weighted by Gasteiger charge is 2.37. The van der Waals surface area contributed by atoms with Gasteiger partial charge in [0.25, 0.3) is 11.8 Å². The van der Waals surface area contributed by atoms with E-state index in [1.165, 1.54) is 0 Å². The van der Waals surface area contributed by atoms with Crippen molar-refractivity contribution in [2.75, 3.05) is 16.3 Å². The Labute approximate surface area is 188 Å². The van der Waals surface area contributed by atoms with Crippen molar-refractivity contribution in [1.82, 2.24) is 5.32 Å². The molecule has 0 radical (unpaired) electrons. The SMILES string of the molecule is CCN1c2ccc(/C=C3\C(=O)NC(=O)N(c4cccc(C)c4)C3=O)cc2C(C)=CC1(C)C. The highest BCUT2D eigenvalue weighted by atomic mass is 16.2. The Bertz CT molecular complexity index is 1210. The second-order valence-corrected chi connectivity index (χ2v) is 8.80. The number of anilines is 2. The number of urea groups is 1. The molecule has 2 aromatic carbocycles. The van der Waals surface area contributed by atoms with E-state index in [4.69, 9.17) is 0 Å². The molecule has 6 nitrogen and oxygen atoms in total. The smallest absolute Gasteiger partial charge is 0.335 e. The summed E-state index contributed by atoms with van der Waals surface area (Å²) in [6, 6.07) is 12.2. The number of fused-ring (bicyclic) bond motifs is 1. The molecule has 0 atom stereocenters. The molecule has 1 saturated heterocycles. The lowest BCUT2D eigenvalue weighted by Crippen LogP contribution is -2.54. The van der Waals surface area contributed by atoms with Crippen LogP contribution >= 0.6 is 0 Å². The Morgan fingerprint density at radius 2 is 1.78 bits per heavy atom. The number of carbonyl (C=O) groups is 3. The third kappa shape index (κ3) is 3.62. The zero-order chi connectivity index (χ0) is 23.2. The summed E-state index contributed by atoms with van der Waals surface area (Å²) in [5.74, 6) is -1.32. The van der Waals surface area contributed by atoms with E-state index in [9.17, 15) is 14.4 Å². The number of imide groups is 2. The summed E-state index contributed by atoms with van der Waals surface area (Å²) < 4.78 is 0. The van der Waals surface area contributed by atoms with Crippen LogP contribution in [0, 0.1) is 6.92 Å². The van der Waals surface area contributed by atoms with Crippen LogP contribution in [0.2, 0.25) is 0 Å². The third-order valence-electron chi connectivity index (χ3n) is 5.99. The van der Waals surface area contributed by atoms with Crippen LogP contribution < -0.4 is 15.1 Å². The molecule has 0 aromatic heterocycles. The van der Waals surface area contributed by atoms with Gasteiger partial charge in [-0.1, -0.05) is 24.3 Å². The summed E-state index contributed by atoms with van der Waals surface area (Å²) in [7, 11) is 0. The van der Waals surface area contributed by atoms with Crippen molar-refractivity contribution in [3.8, 4) is 0 Å². The van der Waals surface area contributed by atoms with Gasteiger partial charge in [0.2, 0.25) is 0 Å². The van der Waals surface area contributed by atoms with Crippen molar-refractivity contribution >= 4 is 40.9 Å². The van der Waals surface area contributed by atoms with Gasteiger partial charge in [-0.15, -0.1) is 0 Å². The molecule has 32 heavy (non-hydrogen) atoms. The molecule has 164 valence electrons. The van der Waals surface area contributed by atoms with Gasteiger partial charge in [-0.25, -0.2) is 9.69 Å². The van der Waals surface area contributed by atoms with Crippen molar-refractivity contribution in [2.24, 2.45) is 0 Å². The van der Waals surface area contributed by atoms with Crippen LogP contribution in [-0.2, 0) is 9.59 Å². The summed E-state index contributed by atoms with van der Waals surface area (Å²) in [5.41, 5.74) is 5.22. The fourth-order valence-corrected chi connectivity index (χ4v) is 4.59. The lowest BCUT2D eigenvalue weighted by molar-refractivity contribution is -0.122. The van der Waals surface area contributed by atoms with Gasteiger partial charge in [-0.05, 0) is 81.7 Å². The van der Waals surface area contributed by atoms with E-state index < -0.39 is 17.8 Å². The van der Waals surface area contributed by atoms with Crippen LogP contribution in [0.4, 0.5) is 16.2 Å². The lowest BCUT2D eigenvalue weighted by Gasteiger charge is -2.42. The molecule has 6 heteroatoms. The Morgan fingerprint density at radius 3 is 2.47 bits per heavy atom. The van der Waals surface area contributed by atoms with Crippen molar-refractivity contribution < 1.29 is 14.4 Å². The second-order valence-electron chi connectivity index (χ2n) is 8.80. The largest absolute Gasteiger partial charge is 0.363 e. The van der Waals surface area contributed by atoms with E-state index in [1.807, 2.05) is 31.2 Å². The molecule has 2 heterocycles. The van der Waals surface area contributed by atoms with E-state index in [0.29, 0.717) is 5.69 Å². The van der Waals surface area contributed by atoms with E-state index in [-0.39, 0.29) is 11.1 Å². The second kappa shape index (κ2) is 7.79. The number of likely N-dealkylation sites (N-methyl/N-ethyl adjacent to an activating group) is 1. The summed E-state index contributed by atoms with van der Waals surface area (Å²) in [6.07, 6.45) is 3.78. The van der Waals surface area contributed by atoms with E-state index in [2.05, 4.69) is 44.0 Å². The number of rotatable bonds is 3. The summed E-state index contributed by atoms with van der Waals surface area (Å²) in [4.78, 5) is 41.4. The quantitative estimate of drug-likeness (QED) is 0.568. The molecular formula is C26H27N3O3. The maximum absolute atomic E-state index is 13.2. The number of amides is 4. The summed E-state index contributed by atoms with van der Waals surface area (Å²) in [5, 5.41) is 2.29. The molecule has 0 saturated carbocycles. The predicted octanol–water partition coefficient (Wildman–Crippen LogP) is 4.68. The number of nitrogens with one attached hydrogen (secondary N) is 1. The average Bonchev–Trinajstić information content (AvgIpc) is 2.71. The fraction of sp³-hybridized carbons (Fsp3) is 0.269. The van der Waals surface area contributed by atoms with Crippen LogP contribution in [0.15, 0.2) is 54.1 Å². The van der Waals surface area contributed by atoms with E-state index in [0.717, 1.165) is 39.4 Å². The normalized spacial score (nSPS) is 19.1. The van der Waals surface area contributed by atoms with Crippen LogP contribution in [0.1, 0.15) is 44.4 Å². The maximum Gasteiger partial charge on any atom is 0.335 e. The first-order chi connectivity index (χ1) is 15.1. The van der Waals surface area contributed by atoms with Gasteiger partial charge >= 0.3 is 6.03 Å². The zero-order valence-corrected chi connectivity index (χ0v) is 19.0. The van der Waals surface area contributed by atoms with Gasteiger partial charge in [0.15, 0.2) is 0 Å². The number of aryl methyl sites for hydroxylation is 1. The first-order valence-electron chi connectivity index (χ1n) is 10.7. The molecule has 2 aromatic rings. The molecule has 2 aliphatic rings. The minimum atomic E-state index is -0.743. The van der Waals surface area contributed by atoms with Crippen LogP contribution in [-0.4, -0.2) is 29.9 Å². The molecule has 4 amide bonds. The Hall–Kier alpha value is -3.67. The number of barbiturate groups is 1. The molecule has 0 bridgehead atoms. The van der Waals surface area contributed by atoms with Crippen LogP contribution in [0.25, 0.3) is 11.6 Å². The van der Waals surface area contributed by atoms with E-state index in [1.54, 1.807) is 24.3 Å². The van der Waals surface area contributed by atoms with Crippen LogP contribution in [0.3, 0.4) is 0 Å². The Kier molecular flexibility index (Phi) is 5.25. The van der Waals surface area contributed by atoms with Crippen molar-refractivity contribution in [3.63, 3.8) is 0 Å². The molecule has 4 rings (SSSR count). The van der Waals surface area contributed by atoms with Gasteiger partial charge in [-0.3, -0.25) is 14.9 Å². The minimum Gasteiger partial charge on any atom is -0.363 e. The minimum absolute atomic E-state index is 0.0730. The van der Waals surface area contributed by atoms with Gasteiger partial charge < -0.3 is 4.90 Å². The Morgan fingerprint density at radius 1 is 1.03 bits per heavy atom. The van der Waals surface area contributed by atoms with Crippen LogP contribution in [0.5, 0.6) is 0 Å². The van der Waals surface area contributed by atoms with Crippen molar-refractivity contribution in [2.45, 2.75) is 40.2 Å². The molecule has 2 aliphatic heterocycles. The molecule has 0 aliphatic carbocycles. The summed E-state index contributed by atoms with van der Waals surface area (Å²) in [6.45, 7) is 11.3. The molecule has 1 N–H and O–H groups in total. The monoisotopic (exact) mass is 429 g/mol. The molecule has 1 fully saturated rings. The zero-order valence-electron chi connectivity index (χ0n) is 19.0. The van der Waals surface area contributed by atoms with Gasteiger partial charge in [0.05, 0.1) is 11.2 Å². The summed E-state index contributed by atoms with van der Waals surface area (Å²) >= 11 is 0. The molecule has 0 spiro atoms. The van der Waals surface area contributed by atoms with Gasteiger partial charge in [0, 0.05) is 17.8 Å². The predicted molar refractivity (Wildman–Crippen MR) is 127 cm³/mol. The first-order valence-corrected chi connectivity index (χ1v) is 10.7. The van der Waals surface area contributed by atoms with Crippen molar-refractivity contribution in [1.29, 1.82) is 0 Å². The Balaban J connectivity index is 1.75. The average molecular weight is 430 g/mol. The number of benzene rings is 2. The lowest BCUT2D eigenvalue weighted by atomic mass is 9.88. The standard InChI is InChI=1S/C26H27N3O3/c1-6-28-22-11-10-18(13-20(22)17(3)15-26(28,4)5)14-21-23(30)27-25(32)29(24(21)31)19-9-7-8-16(2)12-19/h7-15H,6H2,1-5H3,(H,27,30,32)/b21-14+. The number of hydrogen-bond donors (Lipinski definition) is 1. The maximum atomic E-state index is 13.2. The topological polar surface area (TPSA) is 69.7 Å². The highest BCUT2D eigenvalue weighted by molar-refractivity contribution is 6.39. The van der Waals surface area contributed by atoms with Gasteiger partial charge in [0.1, 0.15) is 5.57 Å². The third-order valence-corrected chi connectivity index (χ3v) is 5.99. The number of allylic oxidation sites excluding steroid dienone is 1. The molecular weight excluding hydrogens is 402 g/mol. The molecule has 0 unspecified atom stereocenters. The number of carbonyl (C=O) groups excluding carboxylic acids is 3. The highest BCUT2D eigenvalue weighted by Crippen LogP contribution is 2.39. The van der Waals surface area contributed by atoms with Gasteiger partial charge in [-0.2, -0.15) is 0 Å². The fourth-order valence-electron chi connectivity index (χ4n) is 4.59. The first kappa shape index (κ1) is 21.6. The van der Waals surface area contributed by atoms with E-state index >= 15 is 0 Å². The van der Waals surface area contributed by atoms with Crippen molar-refractivity contribution in [3.05, 3.63) is 70.8 Å². The number of hydrogen-bond acceptors (Lipinski definition) is 4.